The van der Waals surface area contributed by atoms with Crippen LogP contribution in [0.5, 0.6) is 0 Å². The van der Waals surface area contributed by atoms with Gasteiger partial charge in [0.2, 0.25) is 5.95 Å². The van der Waals surface area contributed by atoms with Crippen LogP contribution in [-0.2, 0) is 9.47 Å². The van der Waals surface area contributed by atoms with E-state index >= 15 is 0 Å². The molecule has 0 spiro atoms. The van der Waals surface area contributed by atoms with E-state index < -0.39 is 0 Å². The van der Waals surface area contributed by atoms with E-state index in [-0.39, 0.29) is 6.10 Å². The van der Waals surface area contributed by atoms with Gasteiger partial charge in [-0.3, -0.25) is 0 Å². The van der Waals surface area contributed by atoms with Gasteiger partial charge in [0, 0.05) is 44.6 Å². The number of anilines is 1. The first-order valence-electron chi connectivity index (χ1n) is 8.81. The van der Waals surface area contributed by atoms with Crippen LogP contribution in [0.2, 0.25) is 0 Å². The van der Waals surface area contributed by atoms with Crippen molar-refractivity contribution in [2.24, 2.45) is 17.8 Å². The van der Waals surface area contributed by atoms with Gasteiger partial charge < -0.3 is 19.7 Å². The summed E-state index contributed by atoms with van der Waals surface area (Å²) in [4.78, 5) is 11.1. The second kappa shape index (κ2) is 7.11. The summed E-state index contributed by atoms with van der Waals surface area (Å²) in [5.41, 5.74) is 0. The van der Waals surface area contributed by atoms with Crippen molar-refractivity contribution in [3.63, 3.8) is 0 Å². The van der Waals surface area contributed by atoms with Gasteiger partial charge in [-0.25, -0.2) is 9.97 Å². The number of aromatic nitrogens is 2. The Bertz CT molecular complexity index is 495. The van der Waals surface area contributed by atoms with Gasteiger partial charge in [-0.1, -0.05) is 0 Å². The van der Waals surface area contributed by atoms with Crippen LogP contribution in [0.15, 0.2) is 18.5 Å². The van der Waals surface area contributed by atoms with Gasteiger partial charge >= 0.3 is 0 Å². The van der Waals surface area contributed by atoms with Crippen LogP contribution in [0, 0.1) is 17.8 Å². The number of piperidine rings is 1. The molecule has 1 N–H and O–H groups in total. The lowest BCUT2D eigenvalue weighted by Crippen LogP contribution is -2.45. The molecule has 1 aromatic rings. The molecule has 3 saturated heterocycles. The van der Waals surface area contributed by atoms with E-state index in [2.05, 4.69) is 20.2 Å². The van der Waals surface area contributed by atoms with Gasteiger partial charge in [-0.05, 0) is 37.3 Å². The fourth-order valence-corrected chi connectivity index (χ4v) is 4.15. The molecule has 4 heterocycles. The van der Waals surface area contributed by atoms with Gasteiger partial charge in [-0.2, -0.15) is 0 Å². The number of nitrogens with one attached hydrogen (secondary N) is 1. The number of hydrogen-bond donors (Lipinski definition) is 1. The topological polar surface area (TPSA) is 59.5 Å². The Morgan fingerprint density at radius 1 is 1.22 bits per heavy atom. The molecule has 3 fully saturated rings. The molecule has 3 aliphatic heterocycles. The molecule has 4 atom stereocenters. The number of fused-ring (bicyclic) bond motifs is 1. The lowest BCUT2D eigenvalue weighted by Gasteiger charge is -2.37. The third-order valence-electron chi connectivity index (χ3n) is 5.46. The van der Waals surface area contributed by atoms with E-state index in [1.54, 1.807) is 12.4 Å². The molecule has 0 amide bonds. The molecule has 6 nitrogen and oxygen atoms in total. The first-order chi connectivity index (χ1) is 11.4. The molecule has 1 aromatic heterocycles. The molecule has 0 unspecified atom stereocenters. The van der Waals surface area contributed by atoms with Crippen molar-refractivity contribution in [2.45, 2.75) is 18.9 Å². The summed E-state index contributed by atoms with van der Waals surface area (Å²) in [5, 5.41) is 3.32. The van der Waals surface area contributed by atoms with Crippen molar-refractivity contribution in [2.75, 3.05) is 51.3 Å². The molecule has 4 rings (SSSR count). The maximum absolute atomic E-state index is 6.07. The highest BCUT2D eigenvalue weighted by atomic mass is 16.5. The molecule has 0 aliphatic carbocycles. The van der Waals surface area contributed by atoms with Crippen LogP contribution in [-0.4, -0.2) is 67.0 Å². The Labute approximate surface area is 137 Å². The van der Waals surface area contributed by atoms with Crippen LogP contribution in [0.4, 0.5) is 5.95 Å². The van der Waals surface area contributed by atoms with E-state index in [1.165, 1.54) is 25.9 Å². The predicted molar refractivity (Wildman–Crippen MR) is 87.2 cm³/mol. The molecule has 6 heteroatoms. The zero-order chi connectivity index (χ0) is 15.5. The van der Waals surface area contributed by atoms with Crippen molar-refractivity contribution in [3.05, 3.63) is 18.5 Å². The SMILES string of the molecule is c1cnc(NC[C@H]2OC[C@@H]3CCN(C[C@@H]4CCOC4)C[C@@H]32)nc1. The van der Waals surface area contributed by atoms with Gasteiger partial charge in [0.25, 0.3) is 0 Å². The Morgan fingerprint density at radius 3 is 2.96 bits per heavy atom. The average molecular weight is 318 g/mol. The lowest BCUT2D eigenvalue weighted by molar-refractivity contribution is 0.0784. The van der Waals surface area contributed by atoms with E-state index in [0.29, 0.717) is 11.9 Å². The summed E-state index contributed by atoms with van der Waals surface area (Å²) in [6.45, 7) is 7.14. The number of nitrogens with zero attached hydrogens (tertiary/aromatic N) is 3. The maximum atomic E-state index is 6.07. The average Bonchev–Trinajstić information content (AvgIpc) is 3.23. The monoisotopic (exact) mass is 318 g/mol. The minimum Gasteiger partial charge on any atom is -0.381 e. The van der Waals surface area contributed by atoms with E-state index in [0.717, 1.165) is 44.7 Å². The zero-order valence-corrected chi connectivity index (χ0v) is 13.6. The Kier molecular flexibility index (Phi) is 4.73. The van der Waals surface area contributed by atoms with Crippen LogP contribution in [0.3, 0.4) is 0 Å². The number of ether oxygens (including phenoxy) is 2. The van der Waals surface area contributed by atoms with Crippen LogP contribution in [0.1, 0.15) is 12.8 Å². The summed E-state index contributed by atoms with van der Waals surface area (Å²) < 4.78 is 11.6. The minimum absolute atomic E-state index is 0.270. The Hall–Kier alpha value is -1.24. The second-order valence-electron chi connectivity index (χ2n) is 7.03. The molecular weight excluding hydrogens is 292 g/mol. The molecule has 23 heavy (non-hydrogen) atoms. The van der Waals surface area contributed by atoms with Crippen molar-refractivity contribution in [1.29, 1.82) is 0 Å². The number of hydrogen-bond acceptors (Lipinski definition) is 6. The van der Waals surface area contributed by atoms with Crippen LogP contribution >= 0.6 is 0 Å². The molecule has 126 valence electrons. The number of likely N-dealkylation sites (tertiary alicyclic amines) is 1. The van der Waals surface area contributed by atoms with E-state index in [9.17, 15) is 0 Å². The smallest absolute Gasteiger partial charge is 0.222 e. The van der Waals surface area contributed by atoms with Gasteiger partial charge in [0.15, 0.2) is 0 Å². The standard InChI is InChI=1S/C17H26N4O2/c1-4-18-17(19-5-1)20-8-16-15-10-21(6-2-14(15)12-23-16)9-13-3-7-22-11-13/h1,4-5,13-16H,2-3,6-12H2,(H,18,19,20)/t13-,14-,15-,16+/m0/s1. The Morgan fingerprint density at radius 2 is 2.13 bits per heavy atom. The molecular formula is C17H26N4O2. The highest BCUT2D eigenvalue weighted by Crippen LogP contribution is 2.34. The van der Waals surface area contributed by atoms with Crippen molar-refractivity contribution >= 4 is 5.95 Å². The van der Waals surface area contributed by atoms with Crippen molar-refractivity contribution in [3.8, 4) is 0 Å². The quantitative estimate of drug-likeness (QED) is 0.882. The maximum Gasteiger partial charge on any atom is 0.222 e. The fourth-order valence-electron chi connectivity index (χ4n) is 4.15. The van der Waals surface area contributed by atoms with Crippen LogP contribution < -0.4 is 5.32 Å². The molecule has 0 saturated carbocycles. The Balaban J connectivity index is 1.31. The summed E-state index contributed by atoms with van der Waals surface area (Å²) in [5.74, 6) is 2.76. The van der Waals surface area contributed by atoms with Gasteiger partial charge in [-0.15, -0.1) is 0 Å². The molecule has 0 aromatic carbocycles. The third-order valence-corrected chi connectivity index (χ3v) is 5.46. The second-order valence-corrected chi connectivity index (χ2v) is 7.03. The van der Waals surface area contributed by atoms with E-state index in [4.69, 9.17) is 9.47 Å². The van der Waals surface area contributed by atoms with E-state index in [1.807, 2.05) is 6.07 Å². The largest absolute Gasteiger partial charge is 0.381 e. The van der Waals surface area contributed by atoms with Gasteiger partial charge in [0.1, 0.15) is 0 Å². The lowest BCUT2D eigenvalue weighted by atomic mass is 9.84. The predicted octanol–water partition coefficient (Wildman–Crippen LogP) is 1.26. The summed E-state index contributed by atoms with van der Waals surface area (Å²) >= 11 is 0. The number of rotatable bonds is 5. The first kappa shape index (κ1) is 15.3. The highest BCUT2D eigenvalue weighted by molar-refractivity contribution is 5.22. The fraction of sp³-hybridized carbons (Fsp3) is 0.765. The van der Waals surface area contributed by atoms with Crippen molar-refractivity contribution in [1.82, 2.24) is 14.9 Å². The van der Waals surface area contributed by atoms with Crippen molar-refractivity contribution < 1.29 is 9.47 Å². The highest BCUT2D eigenvalue weighted by Gasteiger charge is 2.41. The van der Waals surface area contributed by atoms with Crippen LogP contribution in [0.25, 0.3) is 0 Å². The molecule has 0 bridgehead atoms. The van der Waals surface area contributed by atoms with Gasteiger partial charge in [0.05, 0.1) is 19.3 Å². The molecule has 0 radical (unpaired) electrons. The summed E-state index contributed by atoms with van der Waals surface area (Å²) in [6.07, 6.45) is 6.28. The molecule has 3 aliphatic rings. The first-order valence-corrected chi connectivity index (χ1v) is 8.81. The normalized spacial score (nSPS) is 34.4. The summed E-state index contributed by atoms with van der Waals surface area (Å²) in [7, 11) is 0. The summed E-state index contributed by atoms with van der Waals surface area (Å²) in [6, 6.07) is 1.83. The third kappa shape index (κ3) is 3.65. The zero-order valence-electron chi connectivity index (χ0n) is 13.6. The minimum atomic E-state index is 0.270.